The number of nitrogens with one attached hydrogen (secondary N) is 2. The van der Waals surface area contributed by atoms with Crippen LogP contribution < -0.4 is 10.9 Å². The minimum absolute atomic E-state index is 0.0215. The van der Waals surface area contributed by atoms with E-state index in [-0.39, 0.29) is 11.5 Å². The molecule has 1 aliphatic heterocycles. The van der Waals surface area contributed by atoms with Crippen molar-refractivity contribution >= 4 is 5.91 Å². The fourth-order valence-electron chi connectivity index (χ4n) is 1.88. The van der Waals surface area contributed by atoms with Crippen molar-refractivity contribution < 1.29 is 4.79 Å². The molecule has 0 saturated carbocycles. The Morgan fingerprint density at radius 1 is 1.41 bits per heavy atom. The largest absolute Gasteiger partial charge is 0.353 e. The summed E-state index contributed by atoms with van der Waals surface area (Å²) in [5.41, 5.74) is -0.00689. The zero-order valence-corrected chi connectivity index (χ0v) is 9.99. The highest BCUT2D eigenvalue weighted by atomic mass is 16.2. The number of carbonyl (C=O) groups is 1. The van der Waals surface area contributed by atoms with Gasteiger partial charge in [-0.25, -0.2) is 5.10 Å². The molecular weight excluding hydrogens is 220 g/mol. The van der Waals surface area contributed by atoms with Crippen LogP contribution in [0.1, 0.15) is 19.5 Å². The summed E-state index contributed by atoms with van der Waals surface area (Å²) < 4.78 is 0. The van der Waals surface area contributed by atoms with E-state index in [1.54, 1.807) is 6.07 Å². The maximum Gasteiger partial charge on any atom is 0.264 e. The number of amides is 1. The van der Waals surface area contributed by atoms with Gasteiger partial charge in [0.1, 0.15) is 0 Å². The van der Waals surface area contributed by atoms with Gasteiger partial charge in [-0.05, 0) is 19.9 Å². The number of aromatic nitrogens is 2. The third-order valence-electron chi connectivity index (χ3n) is 3.10. The van der Waals surface area contributed by atoms with Crippen LogP contribution in [0.25, 0.3) is 0 Å². The molecule has 2 heterocycles. The molecule has 0 bridgehead atoms. The molecule has 6 nitrogen and oxygen atoms in total. The third kappa shape index (κ3) is 2.36. The normalized spacial score (nSPS) is 20.0. The Kier molecular flexibility index (Phi) is 2.97. The average molecular weight is 236 g/mol. The van der Waals surface area contributed by atoms with Crippen LogP contribution in [-0.4, -0.2) is 39.6 Å². The Balaban J connectivity index is 2.15. The van der Waals surface area contributed by atoms with Gasteiger partial charge in [0.25, 0.3) is 5.56 Å². The molecule has 1 fully saturated rings. The highest BCUT2D eigenvalue weighted by Crippen LogP contribution is 2.19. The van der Waals surface area contributed by atoms with Crippen LogP contribution in [0.3, 0.4) is 0 Å². The van der Waals surface area contributed by atoms with Gasteiger partial charge in [0, 0.05) is 25.7 Å². The van der Waals surface area contributed by atoms with E-state index in [9.17, 15) is 9.59 Å². The first-order chi connectivity index (χ1) is 8.00. The fourth-order valence-corrected chi connectivity index (χ4v) is 1.88. The Morgan fingerprint density at radius 2 is 2.18 bits per heavy atom. The summed E-state index contributed by atoms with van der Waals surface area (Å²) in [5, 5.41) is 9.19. The number of hydrogen-bond donors (Lipinski definition) is 2. The molecule has 92 valence electrons. The smallest absolute Gasteiger partial charge is 0.264 e. The van der Waals surface area contributed by atoms with E-state index in [1.807, 2.05) is 18.7 Å². The Hall–Kier alpha value is -1.69. The number of hydrogen-bond acceptors (Lipinski definition) is 4. The minimum atomic E-state index is -0.546. The van der Waals surface area contributed by atoms with Crippen molar-refractivity contribution in [3.63, 3.8) is 0 Å². The molecule has 17 heavy (non-hydrogen) atoms. The van der Waals surface area contributed by atoms with Crippen LogP contribution >= 0.6 is 0 Å². The molecular formula is C11H16N4O2. The van der Waals surface area contributed by atoms with Crippen LogP contribution in [-0.2, 0) is 11.3 Å². The third-order valence-corrected chi connectivity index (χ3v) is 3.10. The number of piperazine rings is 1. The Morgan fingerprint density at radius 3 is 2.82 bits per heavy atom. The van der Waals surface area contributed by atoms with Crippen molar-refractivity contribution in [3.8, 4) is 0 Å². The summed E-state index contributed by atoms with van der Waals surface area (Å²) in [6.07, 6.45) is 0. The van der Waals surface area contributed by atoms with E-state index >= 15 is 0 Å². The van der Waals surface area contributed by atoms with E-state index in [4.69, 9.17) is 0 Å². The van der Waals surface area contributed by atoms with Gasteiger partial charge in [0.05, 0.1) is 11.2 Å². The second-order valence-corrected chi connectivity index (χ2v) is 4.65. The quantitative estimate of drug-likeness (QED) is 0.724. The van der Waals surface area contributed by atoms with Gasteiger partial charge >= 0.3 is 0 Å². The average Bonchev–Trinajstić information content (AvgIpc) is 2.28. The van der Waals surface area contributed by atoms with E-state index < -0.39 is 5.54 Å². The lowest BCUT2D eigenvalue weighted by atomic mass is 9.99. The van der Waals surface area contributed by atoms with E-state index in [2.05, 4.69) is 15.5 Å². The van der Waals surface area contributed by atoms with Gasteiger partial charge < -0.3 is 5.32 Å². The lowest BCUT2D eigenvalue weighted by Gasteiger charge is -2.40. The molecule has 0 radical (unpaired) electrons. The Labute approximate surface area is 99.0 Å². The molecule has 2 N–H and O–H groups in total. The predicted octanol–water partition coefficient (Wildman–Crippen LogP) is -0.520. The molecule has 1 amide bonds. The van der Waals surface area contributed by atoms with Gasteiger partial charge in [-0.3, -0.25) is 14.5 Å². The van der Waals surface area contributed by atoms with Crippen LogP contribution in [0.2, 0.25) is 0 Å². The lowest BCUT2D eigenvalue weighted by molar-refractivity contribution is -0.135. The zero-order chi connectivity index (χ0) is 12.5. The monoisotopic (exact) mass is 236 g/mol. The second kappa shape index (κ2) is 4.29. The number of nitrogens with zero attached hydrogens (tertiary/aromatic N) is 2. The first-order valence-corrected chi connectivity index (χ1v) is 5.58. The minimum Gasteiger partial charge on any atom is -0.353 e. The summed E-state index contributed by atoms with van der Waals surface area (Å²) in [6.45, 7) is 5.74. The van der Waals surface area contributed by atoms with Crippen molar-refractivity contribution in [3.05, 3.63) is 28.2 Å². The van der Waals surface area contributed by atoms with E-state index in [0.29, 0.717) is 13.1 Å². The standard InChI is InChI=1S/C11H16N4O2/c1-11(2)10(17)12-5-6-15(11)7-8-3-4-9(16)14-13-8/h3-4H,5-7H2,1-2H3,(H,12,17)(H,14,16). The Bertz CT molecular complexity index is 460. The SMILES string of the molecule is CC1(C)C(=O)NCCN1Cc1ccc(=O)[nH]n1. The first kappa shape index (κ1) is 11.8. The van der Waals surface area contributed by atoms with Gasteiger partial charge in [-0.15, -0.1) is 0 Å². The summed E-state index contributed by atoms with van der Waals surface area (Å²) >= 11 is 0. The van der Waals surface area contributed by atoms with Crippen molar-refractivity contribution in [2.24, 2.45) is 0 Å². The molecule has 2 rings (SSSR count). The van der Waals surface area contributed by atoms with Gasteiger partial charge in [-0.2, -0.15) is 5.10 Å². The molecule has 0 spiro atoms. The van der Waals surface area contributed by atoms with Crippen LogP contribution in [0.5, 0.6) is 0 Å². The molecule has 0 atom stereocenters. The van der Waals surface area contributed by atoms with E-state index in [1.165, 1.54) is 6.07 Å². The van der Waals surface area contributed by atoms with Gasteiger partial charge in [-0.1, -0.05) is 0 Å². The summed E-state index contributed by atoms with van der Waals surface area (Å²) in [4.78, 5) is 24.7. The van der Waals surface area contributed by atoms with Gasteiger partial charge in [0.2, 0.25) is 5.91 Å². The molecule has 6 heteroatoms. The van der Waals surface area contributed by atoms with E-state index in [0.717, 1.165) is 12.2 Å². The van der Waals surface area contributed by atoms with Crippen molar-refractivity contribution in [1.29, 1.82) is 0 Å². The van der Waals surface area contributed by atoms with Crippen LogP contribution in [0, 0.1) is 0 Å². The molecule has 0 unspecified atom stereocenters. The number of rotatable bonds is 2. The number of aromatic amines is 1. The molecule has 0 aromatic carbocycles. The van der Waals surface area contributed by atoms with Gasteiger partial charge in [0.15, 0.2) is 0 Å². The molecule has 0 aliphatic carbocycles. The number of H-pyrrole nitrogens is 1. The highest BCUT2D eigenvalue weighted by molar-refractivity contribution is 5.86. The van der Waals surface area contributed by atoms with Crippen molar-refractivity contribution in [2.75, 3.05) is 13.1 Å². The lowest BCUT2D eigenvalue weighted by Crippen LogP contribution is -2.61. The van der Waals surface area contributed by atoms with Crippen molar-refractivity contribution in [2.45, 2.75) is 25.9 Å². The summed E-state index contributed by atoms with van der Waals surface area (Å²) in [5.74, 6) is 0.0215. The van der Waals surface area contributed by atoms with Crippen LogP contribution in [0.15, 0.2) is 16.9 Å². The first-order valence-electron chi connectivity index (χ1n) is 5.58. The predicted molar refractivity (Wildman–Crippen MR) is 62.4 cm³/mol. The molecule has 1 aromatic rings. The maximum atomic E-state index is 11.7. The summed E-state index contributed by atoms with van der Waals surface area (Å²) in [7, 11) is 0. The summed E-state index contributed by atoms with van der Waals surface area (Å²) in [6, 6.07) is 3.13. The zero-order valence-electron chi connectivity index (χ0n) is 9.99. The molecule has 1 aliphatic rings. The second-order valence-electron chi connectivity index (χ2n) is 4.65. The maximum absolute atomic E-state index is 11.7. The number of carbonyl (C=O) groups excluding carboxylic acids is 1. The molecule has 1 saturated heterocycles. The topological polar surface area (TPSA) is 78.1 Å². The fraction of sp³-hybridized carbons (Fsp3) is 0.545. The van der Waals surface area contributed by atoms with Crippen molar-refractivity contribution in [1.82, 2.24) is 20.4 Å². The highest BCUT2D eigenvalue weighted by Gasteiger charge is 2.37. The molecule has 1 aromatic heterocycles. The van der Waals surface area contributed by atoms with Crippen LogP contribution in [0.4, 0.5) is 0 Å².